The van der Waals surface area contributed by atoms with Gasteiger partial charge in [0.05, 0.1) is 0 Å². The normalized spacial score (nSPS) is 18.3. The van der Waals surface area contributed by atoms with Gasteiger partial charge in [0, 0.05) is 31.3 Å². The fraction of sp³-hybridized carbons (Fsp3) is 0.406. The Balaban J connectivity index is 1.14. The van der Waals surface area contributed by atoms with Crippen molar-refractivity contribution in [1.29, 1.82) is 0 Å². The molecule has 2 heterocycles. The van der Waals surface area contributed by atoms with Crippen LogP contribution in [-0.4, -0.2) is 66.2 Å². The van der Waals surface area contributed by atoms with Gasteiger partial charge in [-0.1, -0.05) is 60.7 Å². The number of likely N-dealkylation sites (tertiary alicyclic amines) is 2. The molecule has 3 aromatic carbocycles. The van der Waals surface area contributed by atoms with Gasteiger partial charge in [0.15, 0.2) is 0 Å². The van der Waals surface area contributed by atoms with E-state index in [4.69, 9.17) is 4.74 Å². The first-order chi connectivity index (χ1) is 18.1. The van der Waals surface area contributed by atoms with Crippen LogP contribution < -0.4 is 4.74 Å². The number of amides is 1. The molecule has 5 rings (SSSR count). The van der Waals surface area contributed by atoms with Gasteiger partial charge in [-0.05, 0) is 79.6 Å². The highest BCUT2D eigenvalue weighted by Gasteiger charge is 2.24. The molecule has 1 unspecified atom stereocenters. The fourth-order valence-electron chi connectivity index (χ4n) is 5.78. The van der Waals surface area contributed by atoms with Gasteiger partial charge in [-0.2, -0.15) is 0 Å². The Hall–Kier alpha value is -3.15. The van der Waals surface area contributed by atoms with Crippen LogP contribution in [0.4, 0.5) is 0 Å². The molecule has 5 nitrogen and oxygen atoms in total. The molecule has 2 aliphatic heterocycles. The van der Waals surface area contributed by atoms with Gasteiger partial charge in [-0.25, -0.2) is 0 Å². The second kappa shape index (κ2) is 11.9. The lowest BCUT2D eigenvalue weighted by atomic mass is 9.86. The third-order valence-corrected chi connectivity index (χ3v) is 7.82. The van der Waals surface area contributed by atoms with Gasteiger partial charge in [0.1, 0.15) is 18.5 Å². The Labute approximate surface area is 220 Å². The Bertz CT molecular complexity index is 1230. The number of hydrogen-bond acceptors (Lipinski definition) is 4. The summed E-state index contributed by atoms with van der Waals surface area (Å²) < 4.78 is 6.06. The minimum atomic E-state index is -0.572. The third kappa shape index (κ3) is 6.23. The van der Waals surface area contributed by atoms with Crippen LogP contribution >= 0.6 is 0 Å². The molecule has 3 aromatic rings. The molecule has 0 saturated carbocycles. The van der Waals surface area contributed by atoms with E-state index in [1.807, 2.05) is 36.1 Å². The number of aliphatic hydroxyl groups is 1. The monoisotopic (exact) mass is 498 g/mol. The summed E-state index contributed by atoms with van der Waals surface area (Å²) in [4.78, 5) is 16.8. The van der Waals surface area contributed by atoms with Crippen molar-refractivity contribution < 1.29 is 14.6 Å². The minimum absolute atomic E-state index is 0.0664. The maximum absolute atomic E-state index is 12.6. The molecule has 37 heavy (non-hydrogen) atoms. The van der Waals surface area contributed by atoms with Crippen LogP contribution in [-0.2, 0) is 4.79 Å². The second-order valence-corrected chi connectivity index (χ2v) is 10.5. The summed E-state index contributed by atoms with van der Waals surface area (Å²) in [5, 5.41) is 13.4. The van der Waals surface area contributed by atoms with E-state index in [1.54, 1.807) is 6.08 Å². The van der Waals surface area contributed by atoms with Gasteiger partial charge < -0.3 is 19.6 Å². The van der Waals surface area contributed by atoms with Crippen LogP contribution in [0.2, 0.25) is 0 Å². The minimum Gasteiger partial charge on any atom is -0.490 e. The lowest BCUT2D eigenvalue weighted by Crippen LogP contribution is -2.40. The van der Waals surface area contributed by atoms with Crippen molar-refractivity contribution >= 4 is 22.3 Å². The van der Waals surface area contributed by atoms with E-state index in [-0.39, 0.29) is 12.5 Å². The molecule has 0 bridgehead atoms. The van der Waals surface area contributed by atoms with Gasteiger partial charge in [-0.3, -0.25) is 4.79 Å². The highest BCUT2D eigenvalue weighted by Crippen LogP contribution is 2.33. The van der Waals surface area contributed by atoms with Gasteiger partial charge >= 0.3 is 0 Å². The number of nitrogens with zero attached hydrogens (tertiary/aromatic N) is 2. The summed E-state index contributed by atoms with van der Waals surface area (Å²) in [6, 6.07) is 23.0. The number of carbonyl (C=O) groups is 1. The van der Waals surface area contributed by atoms with Gasteiger partial charge in [0.2, 0.25) is 5.91 Å². The number of para-hydroxylation sites is 1. The molecule has 1 amide bonds. The smallest absolute Gasteiger partial charge is 0.246 e. The summed E-state index contributed by atoms with van der Waals surface area (Å²) in [6.07, 6.45) is 5.49. The number of carbonyl (C=O) groups excluding carboxylic acids is 1. The Kier molecular flexibility index (Phi) is 8.22. The standard InChI is InChI=1S/C32H38N2O3/c1-24(21-32(36)34-17-6-7-18-34)28-11-4-5-14-31(28)37-23-27(35)22-33-19-15-26(16-20-33)30-13-8-10-25-9-2-3-12-29(25)30/h2-5,8-14,21,26-27,35H,6-7,15-20,22-23H2,1H3. The first kappa shape index (κ1) is 25.5. The van der Waals surface area contributed by atoms with E-state index in [2.05, 4.69) is 47.4 Å². The lowest BCUT2D eigenvalue weighted by molar-refractivity contribution is -0.124. The third-order valence-electron chi connectivity index (χ3n) is 7.82. The van der Waals surface area contributed by atoms with Crippen LogP contribution in [0.5, 0.6) is 5.75 Å². The first-order valence-corrected chi connectivity index (χ1v) is 13.7. The number of benzene rings is 3. The van der Waals surface area contributed by atoms with Crippen molar-refractivity contribution in [3.8, 4) is 5.75 Å². The maximum Gasteiger partial charge on any atom is 0.246 e. The summed E-state index contributed by atoms with van der Waals surface area (Å²) >= 11 is 0. The van der Waals surface area contributed by atoms with Crippen molar-refractivity contribution in [3.63, 3.8) is 0 Å². The highest BCUT2D eigenvalue weighted by atomic mass is 16.5. The van der Waals surface area contributed by atoms with Gasteiger partial charge in [-0.15, -0.1) is 0 Å². The Morgan fingerprint density at radius 2 is 1.68 bits per heavy atom. The molecule has 0 spiro atoms. The summed E-state index contributed by atoms with van der Waals surface area (Å²) in [7, 11) is 0. The van der Waals surface area contributed by atoms with Crippen LogP contribution in [0.1, 0.15) is 49.7 Å². The summed E-state index contributed by atoms with van der Waals surface area (Å²) in [5.74, 6) is 1.33. The molecular weight excluding hydrogens is 460 g/mol. The van der Waals surface area contributed by atoms with Crippen molar-refractivity contribution in [2.45, 2.75) is 44.6 Å². The van der Waals surface area contributed by atoms with Crippen LogP contribution in [0, 0.1) is 0 Å². The molecule has 0 aromatic heterocycles. The number of rotatable bonds is 8. The zero-order valence-corrected chi connectivity index (χ0v) is 21.8. The highest BCUT2D eigenvalue weighted by molar-refractivity contribution is 5.95. The molecule has 2 aliphatic rings. The first-order valence-electron chi connectivity index (χ1n) is 13.7. The number of fused-ring (bicyclic) bond motifs is 1. The summed E-state index contributed by atoms with van der Waals surface area (Å²) in [5.41, 5.74) is 3.24. The number of ether oxygens (including phenoxy) is 1. The second-order valence-electron chi connectivity index (χ2n) is 10.5. The zero-order valence-electron chi connectivity index (χ0n) is 21.8. The molecule has 1 atom stereocenters. The predicted molar refractivity (Wildman–Crippen MR) is 150 cm³/mol. The number of aliphatic hydroxyl groups excluding tert-OH is 1. The van der Waals surface area contributed by atoms with Crippen LogP contribution in [0.3, 0.4) is 0 Å². The number of β-amino-alcohol motifs (C(OH)–C–C–N with tert-alkyl or cyclic N) is 1. The molecule has 194 valence electrons. The largest absolute Gasteiger partial charge is 0.490 e. The van der Waals surface area contributed by atoms with E-state index in [0.717, 1.165) is 63.0 Å². The SMILES string of the molecule is CC(=CC(=O)N1CCCC1)c1ccccc1OCC(O)CN1CCC(c2cccc3ccccc23)CC1. The van der Waals surface area contributed by atoms with E-state index in [1.165, 1.54) is 16.3 Å². The van der Waals surface area contributed by atoms with Crippen LogP contribution in [0.25, 0.3) is 16.3 Å². The van der Waals surface area contributed by atoms with Crippen molar-refractivity contribution in [2.75, 3.05) is 39.3 Å². The molecule has 5 heteroatoms. The molecule has 0 aliphatic carbocycles. The molecule has 2 fully saturated rings. The lowest BCUT2D eigenvalue weighted by Gasteiger charge is -2.33. The average Bonchev–Trinajstić information content (AvgIpc) is 3.48. The number of allylic oxidation sites excluding steroid dienone is 1. The Morgan fingerprint density at radius 1 is 0.973 bits per heavy atom. The van der Waals surface area contributed by atoms with E-state index in [0.29, 0.717) is 18.2 Å². The van der Waals surface area contributed by atoms with Crippen molar-refractivity contribution in [2.24, 2.45) is 0 Å². The van der Waals surface area contributed by atoms with E-state index >= 15 is 0 Å². The quantitative estimate of drug-likeness (QED) is 0.418. The number of piperidine rings is 1. The topological polar surface area (TPSA) is 53.0 Å². The Morgan fingerprint density at radius 3 is 2.49 bits per heavy atom. The van der Waals surface area contributed by atoms with Crippen molar-refractivity contribution in [1.82, 2.24) is 9.80 Å². The van der Waals surface area contributed by atoms with Crippen molar-refractivity contribution in [3.05, 3.63) is 83.9 Å². The zero-order chi connectivity index (χ0) is 25.6. The molecular formula is C32H38N2O3. The molecule has 2 saturated heterocycles. The predicted octanol–water partition coefficient (Wildman–Crippen LogP) is 5.48. The maximum atomic E-state index is 12.6. The summed E-state index contributed by atoms with van der Waals surface area (Å²) in [6.45, 7) is 6.41. The fourth-order valence-corrected chi connectivity index (χ4v) is 5.78. The van der Waals surface area contributed by atoms with E-state index < -0.39 is 6.10 Å². The average molecular weight is 499 g/mol. The molecule has 0 radical (unpaired) electrons. The van der Waals surface area contributed by atoms with Gasteiger partial charge in [0.25, 0.3) is 0 Å². The van der Waals surface area contributed by atoms with Crippen LogP contribution in [0.15, 0.2) is 72.8 Å². The van der Waals surface area contributed by atoms with E-state index in [9.17, 15) is 9.90 Å². The number of hydrogen-bond donors (Lipinski definition) is 1. The molecule has 1 N–H and O–H groups in total.